The fourth-order valence-corrected chi connectivity index (χ4v) is 3.16. The van der Waals surface area contributed by atoms with Crippen molar-refractivity contribution in [3.8, 4) is 0 Å². The summed E-state index contributed by atoms with van der Waals surface area (Å²) in [5, 5.41) is 6.37. The number of hydrogen-bond donors (Lipinski definition) is 3. The highest BCUT2D eigenvalue weighted by molar-refractivity contribution is 7.92. The maximum absolute atomic E-state index is 12.4. The van der Waals surface area contributed by atoms with E-state index in [0.717, 1.165) is 0 Å². The van der Waals surface area contributed by atoms with Crippen LogP contribution < -0.4 is 15.4 Å². The zero-order valence-electron chi connectivity index (χ0n) is 11.6. The van der Waals surface area contributed by atoms with E-state index in [4.69, 9.17) is 23.8 Å². The van der Waals surface area contributed by atoms with Crippen LogP contribution in [0.2, 0.25) is 5.02 Å². The Morgan fingerprint density at radius 2 is 1.86 bits per heavy atom. The number of sulfonamides is 1. The van der Waals surface area contributed by atoms with E-state index in [1.165, 1.54) is 12.1 Å². The van der Waals surface area contributed by atoms with Crippen molar-refractivity contribution >= 4 is 50.3 Å². The van der Waals surface area contributed by atoms with Gasteiger partial charge in [0.05, 0.1) is 15.6 Å². The van der Waals surface area contributed by atoms with Gasteiger partial charge in [-0.1, -0.05) is 29.8 Å². The molecule has 0 saturated carbocycles. The van der Waals surface area contributed by atoms with E-state index in [1.54, 1.807) is 43.4 Å². The van der Waals surface area contributed by atoms with Crippen LogP contribution in [0.3, 0.4) is 0 Å². The van der Waals surface area contributed by atoms with Gasteiger partial charge in [-0.05, 0) is 42.5 Å². The molecule has 0 aliphatic heterocycles. The van der Waals surface area contributed by atoms with Gasteiger partial charge in [0.15, 0.2) is 5.11 Å². The lowest BCUT2D eigenvalue weighted by molar-refractivity contribution is 0.601. The molecule has 2 rings (SSSR count). The summed E-state index contributed by atoms with van der Waals surface area (Å²) in [7, 11) is -2.06. The highest BCUT2D eigenvalue weighted by Crippen LogP contribution is 2.24. The van der Waals surface area contributed by atoms with E-state index < -0.39 is 10.0 Å². The Morgan fingerprint density at radius 3 is 2.55 bits per heavy atom. The van der Waals surface area contributed by atoms with Crippen molar-refractivity contribution in [3.05, 3.63) is 53.6 Å². The van der Waals surface area contributed by atoms with Crippen molar-refractivity contribution in [2.24, 2.45) is 0 Å². The number of thiocarbonyl (C=S) groups is 1. The molecule has 2 aromatic rings. The van der Waals surface area contributed by atoms with Crippen molar-refractivity contribution < 1.29 is 8.42 Å². The standard InChI is InChI=1S/C14H14ClN3O2S2/c1-16-14(21)17-10-5-4-6-11(9-10)22(19,20)18-13-8-3-2-7-12(13)15/h2-9,18H,1H3,(H2,16,17,21). The molecular weight excluding hydrogens is 342 g/mol. The second-order valence-electron chi connectivity index (χ2n) is 4.32. The lowest BCUT2D eigenvalue weighted by atomic mass is 10.3. The van der Waals surface area contributed by atoms with Gasteiger partial charge in [0.2, 0.25) is 0 Å². The summed E-state index contributed by atoms with van der Waals surface area (Å²) in [5.41, 5.74) is 0.898. The topological polar surface area (TPSA) is 70.2 Å². The van der Waals surface area contributed by atoms with Gasteiger partial charge in [-0.2, -0.15) is 0 Å². The fraction of sp³-hybridized carbons (Fsp3) is 0.0714. The number of para-hydroxylation sites is 1. The van der Waals surface area contributed by atoms with Gasteiger partial charge in [-0.25, -0.2) is 8.42 Å². The van der Waals surface area contributed by atoms with Gasteiger partial charge in [-0.15, -0.1) is 0 Å². The van der Waals surface area contributed by atoms with Gasteiger partial charge in [-0.3, -0.25) is 4.72 Å². The Morgan fingerprint density at radius 1 is 1.14 bits per heavy atom. The lowest BCUT2D eigenvalue weighted by Crippen LogP contribution is -2.24. The molecule has 3 N–H and O–H groups in total. The van der Waals surface area contributed by atoms with Crippen molar-refractivity contribution in [1.82, 2.24) is 5.32 Å². The summed E-state index contributed by atoms with van der Waals surface area (Å²) in [6, 6.07) is 13.0. The maximum Gasteiger partial charge on any atom is 0.262 e. The normalized spacial score (nSPS) is 10.8. The quantitative estimate of drug-likeness (QED) is 0.735. The van der Waals surface area contributed by atoms with Crippen LogP contribution in [-0.4, -0.2) is 20.6 Å². The molecule has 0 atom stereocenters. The fourth-order valence-electron chi connectivity index (χ4n) is 1.68. The van der Waals surface area contributed by atoms with Crippen molar-refractivity contribution in [1.29, 1.82) is 0 Å². The van der Waals surface area contributed by atoms with Crippen LogP contribution >= 0.6 is 23.8 Å². The molecule has 22 heavy (non-hydrogen) atoms. The first-order chi connectivity index (χ1) is 10.4. The summed E-state index contributed by atoms with van der Waals surface area (Å²) in [5.74, 6) is 0. The zero-order chi connectivity index (χ0) is 16.2. The van der Waals surface area contributed by atoms with Gasteiger partial charge in [0.1, 0.15) is 0 Å². The first kappa shape index (κ1) is 16.5. The smallest absolute Gasteiger partial charge is 0.262 e. The zero-order valence-corrected chi connectivity index (χ0v) is 14.0. The van der Waals surface area contributed by atoms with Crippen LogP contribution in [0, 0.1) is 0 Å². The van der Waals surface area contributed by atoms with Gasteiger partial charge in [0.25, 0.3) is 10.0 Å². The second-order valence-corrected chi connectivity index (χ2v) is 6.82. The number of benzene rings is 2. The summed E-state index contributed by atoms with van der Waals surface area (Å²) in [6.45, 7) is 0. The number of nitrogens with one attached hydrogen (secondary N) is 3. The highest BCUT2D eigenvalue weighted by atomic mass is 35.5. The van der Waals surface area contributed by atoms with E-state index in [9.17, 15) is 8.42 Å². The molecule has 0 aliphatic rings. The predicted octanol–water partition coefficient (Wildman–Crippen LogP) is 3.06. The highest BCUT2D eigenvalue weighted by Gasteiger charge is 2.16. The number of halogens is 1. The molecule has 0 spiro atoms. The minimum atomic E-state index is -3.74. The number of anilines is 2. The summed E-state index contributed by atoms with van der Waals surface area (Å²) < 4.78 is 27.3. The van der Waals surface area contributed by atoms with Crippen molar-refractivity contribution in [2.45, 2.75) is 4.90 Å². The van der Waals surface area contributed by atoms with Gasteiger partial charge >= 0.3 is 0 Å². The van der Waals surface area contributed by atoms with Crippen molar-refractivity contribution in [3.63, 3.8) is 0 Å². The van der Waals surface area contributed by atoms with E-state index in [1.807, 2.05) is 0 Å². The Hall–Kier alpha value is -1.83. The summed E-state index contributed by atoms with van der Waals surface area (Å²) in [6.07, 6.45) is 0. The average molecular weight is 356 g/mol. The molecule has 8 heteroatoms. The van der Waals surface area contributed by atoms with Crippen LogP contribution in [0.25, 0.3) is 0 Å². The molecule has 2 aromatic carbocycles. The molecule has 0 amide bonds. The summed E-state index contributed by atoms with van der Waals surface area (Å²) in [4.78, 5) is 0.108. The monoisotopic (exact) mass is 355 g/mol. The molecule has 0 aliphatic carbocycles. The Kier molecular flexibility index (Phi) is 5.23. The lowest BCUT2D eigenvalue weighted by Gasteiger charge is -2.11. The third-order valence-corrected chi connectivity index (χ3v) is 4.75. The molecule has 116 valence electrons. The van der Waals surface area contributed by atoms with E-state index in [2.05, 4.69) is 15.4 Å². The number of hydrogen-bond acceptors (Lipinski definition) is 3. The van der Waals surface area contributed by atoms with Crippen LogP contribution in [0.5, 0.6) is 0 Å². The van der Waals surface area contributed by atoms with E-state index in [0.29, 0.717) is 21.5 Å². The number of rotatable bonds is 4. The first-order valence-corrected chi connectivity index (χ1v) is 8.55. The Bertz CT molecular complexity index is 794. The minimum absolute atomic E-state index is 0.108. The largest absolute Gasteiger partial charge is 0.366 e. The average Bonchev–Trinajstić information content (AvgIpc) is 2.49. The van der Waals surface area contributed by atoms with Crippen LogP contribution in [0.4, 0.5) is 11.4 Å². The Balaban J connectivity index is 2.28. The Labute approximate surface area is 139 Å². The van der Waals surface area contributed by atoms with E-state index >= 15 is 0 Å². The third kappa shape index (κ3) is 4.09. The van der Waals surface area contributed by atoms with Crippen LogP contribution in [-0.2, 0) is 10.0 Å². The molecule has 0 unspecified atom stereocenters. The third-order valence-electron chi connectivity index (χ3n) is 2.75. The molecule has 5 nitrogen and oxygen atoms in total. The molecule has 0 heterocycles. The molecule has 0 aromatic heterocycles. The molecule has 0 radical (unpaired) electrons. The second kappa shape index (κ2) is 6.95. The van der Waals surface area contributed by atoms with Crippen LogP contribution in [0.1, 0.15) is 0 Å². The maximum atomic E-state index is 12.4. The SMILES string of the molecule is CNC(=S)Nc1cccc(S(=O)(=O)Nc2ccccc2Cl)c1. The van der Waals surface area contributed by atoms with Gasteiger partial charge in [0, 0.05) is 12.7 Å². The van der Waals surface area contributed by atoms with Crippen LogP contribution in [0.15, 0.2) is 53.4 Å². The molecule has 0 fully saturated rings. The van der Waals surface area contributed by atoms with E-state index in [-0.39, 0.29) is 4.90 Å². The van der Waals surface area contributed by atoms with Crippen molar-refractivity contribution in [2.75, 3.05) is 17.1 Å². The predicted molar refractivity (Wildman–Crippen MR) is 94.0 cm³/mol. The molecule has 0 bridgehead atoms. The van der Waals surface area contributed by atoms with Gasteiger partial charge < -0.3 is 10.6 Å². The molecule has 0 saturated heterocycles. The minimum Gasteiger partial charge on any atom is -0.366 e. The first-order valence-electron chi connectivity index (χ1n) is 6.28. The molecular formula is C14H14ClN3O2S2. The summed E-state index contributed by atoms with van der Waals surface area (Å²) >= 11 is 11.0.